The fraction of sp³-hybridized carbons (Fsp3) is 0.200. The predicted octanol–water partition coefficient (Wildman–Crippen LogP) is 3.47. The minimum Gasteiger partial charge on any atom is -0.486 e. The highest BCUT2D eigenvalue weighted by Gasteiger charge is 2.50. The first-order chi connectivity index (χ1) is 15.1. The van der Waals surface area contributed by atoms with Crippen molar-refractivity contribution in [3.8, 4) is 11.5 Å². The van der Waals surface area contributed by atoms with Crippen molar-refractivity contribution in [1.82, 2.24) is 0 Å². The molecule has 6 heteroatoms. The average molecular weight is 415 g/mol. The van der Waals surface area contributed by atoms with Crippen LogP contribution in [-0.2, 0) is 16.9 Å². The fourth-order valence-electron chi connectivity index (χ4n) is 4.15. The molecule has 1 amide bonds. The summed E-state index contributed by atoms with van der Waals surface area (Å²) in [5.74, 6) is 0.235. The van der Waals surface area contributed by atoms with Gasteiger partial charge in [0.25, 0.3) is 5.91 Å². The Hall–Kier alpha value is -3.64. The second kappa shape index (κ2) is 7.56. The number of carbonyl (C=O) groups is 2. The standard InChI is InChI=1S/C25H21NO5/c27-21(18-10-11-22-23(14-18)31-13-12-30-22)15-25(29)19-8-4-5-9-20(19)26(24(25)28)16-17-6-2-1-3-7-17/h1-11,14,29H,12-13,15-16H2/t25-/m0/s1. The molecule has 3 aromatic rings. The topological polar surface area (TPSA) is 76.1 Å². The molecular formula is C25H21NO5. The first-order valence-corrected chi connectivity index (χ1v) is 10.2. The Labute approximate surface area is 179 Å². The van der Waals surface area contributed by atoms with Gasteiger partial charge in [0.2, 0.25) is 0 Å². The highest BCUT2D eigenvalue weighted by atomic mass is 16.6. The average Bonchev–Trinajstić information content (AvgIpc) is 3.01. The van der Waals surface area contributed by atoms with E-state index in [1.54, 1.807) is 41.3 Å². The number of hydrogen-bond acceptors (Lipinski definition) is 5. The van der Waals surface area contributed by atoms with E-state index in [1.807, 2.05) is 36.4 Å². The van der Waals surface area contributed by atoms with Gasteiger partial charge in [-0.1, -0.05) is 48.5 Å². The first-order valence-electron chi connectivity index (χ1n) is 10.2. The lowest BCUT2D eigenvalue weighted by atomic mass is 9.88. The van der Waals surface area contributed by atoms with Crippen LogP contribution in [0.15, 0.2) is 72.8 Å². The highest BCUT2D eigenvalue weighted by molar-refractivity contribution is 6.10. The van der Waals surface area contributed by atoms with Crippen molar-refractivity contribution in [2.45, 2.75) is 18.6 Å². The lowest BCUT2D eigenvalue weighted by Crippen LogP contribution is -2.41. The molecular weight excluding hydrogens is 394 g/mol. The molecule has 2 aliphatic heterocycles. The van der Waals surface area contributed by atoms with Gasteiger partial charge in [0.05, 0.1) is 18.7 Å². The molecule has 31 heavy (non-hydrogen) atoms. The number of Topliss-reactive ketones (excluding diaryl/α,β-unsaturated/α-hetero) is 1. The highest BCUT2D eigenvalue weighted by Crippen LogP contribution is 2.44. The zero-order valence-electron chi connectivity index (χ0n) is 16.8. The summed E-state index contributed by atoms with van der Waals surface area (Å²) < 4.78 is 11.1. The van der Waals surface area contributed by atoms with E-state index in [0.29, 0.717) is 48.1 Å². The smallest absolute Gasteiger partial charge is 0.264 e. The van der Waals surface area contributed by atoms with E-state index in [-0.39, 0.29) is 12.2 Å². The van der Waals surface area contributed by atoms with Gasteiger partial charge < -0.3 is 19.5 Å². The number of rotatable bonds is 5. The Bertz CT molecular complexity index is 1160. The zero-order valence-corrected chi connectivity index (χ0v) is 16.8. The molecule has 0 bridgehead atoms. The summed E-state index contributed by atoms with van der Waals surface area (Å²) in [4.78, 5) is 28.0. The number of ketones is 1. The van der Waals surface area contributed by atoms with E-state index in [9.17, 15) is 14.7 Å². The molecule has 0 aromatic heterocycles. The molecule has 0 fully saturated rings. The second-order valence-corrected chi connectivity index (χ2v) is 7.71. The molecule has 156 valence electrons. The monoisotopic (exact) mass is 415 g/mol. The van der Waals surface area contributed by atoms with E-state index in [4.69, 9.17) is 9.47 Å². The molecule has 5 rings (SSSR count). The van der Waals surface area contributed by atoms with E-state index in [1.165, 1.54) is 0 Å². The number of benzene rings is 3. The third kappa shape index (κ3) is 3.35. The molecule has 2 heterocycles. The second-order valence-electron chi connectivity index (χ2n) is 7.71. The van der Waals surface area contributed by atoms with Crippen LogP contribution in [0.3, 0.4) is 0 Å². The zero-order chi connectivity index (χ0) is 21.4. The number of nitrogens with zero attached hydrogens (tertiary/aromatic N) is 1. The minimum absolute atomic E-state index is 0.317. The number of fused-ring (bicyclic) bond motifs is 2. The van der Waals surface area contributed by atoms with Crippen molar-refractivity contribution in [2.24, 2.45) is 0 Å². The van der Waals surface area contributed by atoms with Gasteiger partial charge in [0, 0.05) is 11.1 Å². The SMILES string of the molecule is O=C(C[C@@]1(O)C(=O)N(Cc2ccccc2)c2ccccc21)c1ccc2c(c1)OCCO2. The minimum atomic E-state index is -1.92. The molecule has 3 aromatic carbocycles. The summed E-state index contributed by atoms with van der Waals surface area (Å²) in [5.41, 5.74) is 0.448. The number of amides is 1. The van der Waals surface area contributed by atoms with Crippen LogP contribution in [-0.4, -0.2) is 30.0 Å². The summed E-state index contributed by atoms with van der Waals surface area (Å²) >= 11 is 0. The van der Waals surface area contributed by atoms with Crippen molar-refractivity contribution in [2.75, 3.05) is 18.1 Å². The summed E-state index contributed by atoms with van der Waals surface area (Å²) in [6.07, 6.45) is -0.353. The van der Waals surface area contributed by atoms with Crippen molar-refractivity contribution in [1.29, 1.82) is 0 Å². The lowest BCUT2D eigenvalue weighted by Gasteiger charge is -2.23. The third-order valence-corrected chi connectivity index (χ3v) is 5.70. The van der Waals surface area contributed by atoms with Gasteiger partial charge in [-0.2, -0.15) is 0 Å². The molecule has 6 nitrogen and oxygen atoms in total. The third-order valence-electron chi connectivity index (χ3n) is 5.70. The van der Waals surface area contributed by atoms with E-state index in [0.717, 1.165) is 5.56 Å². The van der Waals surface area contributed by atoms with Gasteiger partial charge in [0.1, 0.15) is 13.2 Å². The summed E-state index contributed by atoms with van der Waals surface area (Å²) in [7, 11) is 0. The number of anilines is 1. The van der Waals surface area contributed by atoms with Gasteiger partial charge in [-0.15, -0.1) is 0 Å². The predicted molar refractivity (Wildman–Crippen MR) is 114 cm³/mol. The molecule has 0 saturated heterocycles. The van der Waals surface area contributed by atoms with E-state index in [2.05, 4.69) is 0 Å². The molecule has 1 N–H and O–H groups in total. The number of para-hydroxylation sites is 1. The molecule has 2 aliphatic rings. The van der Waals surface area contributed by atoms with Crippen molar-refractivity contribution in [3.05, 3.63) is 89.5 Å². The molecule has 0 aliphatic carbocycles. The number of ether oxygens (including phenoxy) is 2. The summed E-state index contributed by atoms with van der Waals surface area (Å²) in [6.45, 7) is 1.19. The van der Waals surface area contributed by atoms with E-state index >= 15 is 0 Å². The van der Waals surface area contributed by atoms with Gasteiger partial charge in [-0.25, -0.2) is 0 Å². The van der Waals surface area contributed by atoms with Crippen LogP contribution < -0.4 is 14.4 Å². The van der Waals surface area contributed by atoms with Gasteiger partial charge in [-0.3, -0.25) is 9.59 Å². The summed E-state index contributed by atoms with van der Waals surface area (Å²) in [5, 5.41) is 11.5. The normalized spacial score (nSPS) is 19.3. The Morgan fingerprint density at radius 1 is 0.935 bits per heavy atom. The molecule has 0 unspecified atom stereocenters. The Morgan fingerprint density at radius 3 is 2.45 bits per heavy atom. The maximum atomic E-state index is 13.4. The number of aliphatic hydroxyl groups is 1. The summed E-state index contributed by atoms with van der Waals surface area (Å²) in [6, 6.07) is 21.6. The molecule has 0 saturated carbocycles. The van der Waals surface area contributed by atoms with Crippen LogP contribution in [0.1, 0.15) is 27.9 Å². The molecule has 1 atom stereocenters. The maximum absolute atomic E-state index is 13.4. The van der Waals surface area contributed by atoms with Crippen molar-refractivity contribution >= 4 is 17.4 Å². The van der Waals surface area contributed by atoms with Crippen LogP contribution in [0.5, 0.6) is 11.5 Å². The Morgan fingerprint density at radius 2 is 1.65 bits per heavy atom. The molecule has 0 spiro atoms. The van der Waals surface area contributed by atoms with Crippen molar-refractivity contribution in [3.63, 3.8) is 0 Å². The van der Waals surface area contributed by atoms with Gasteiger partial charge in [0.15, 0.2) is 22.9 Å². The maximum Gasteiger partial charge on any atom is 0.264 e. The van der Waals surface area contributed by atoms with Gasteiger partial charge in [-0.05, 0) is 29.8 Å². The lowest BCUT2D eigenvalue weighted by molar-refractivity contribution is -0.136. The number of hydrogen-bond donors (Lipinski definition) is 1. The Kier molecular flexibility index (Phi) is 4.71. The largest absolute Gasteiger partial charge is 0.486 e. The quantitative estimate of drug-likeness (QED) is 0.646. The molecule has 0 radical (unpaired) electrons. The van der Waals surface area contributed by atoms with Crippen LogP contribution in [0.2, 0.25) is 0 Å². The van der Waals surface area contributed by atoms with Crippen LogP contribution in [0, 0.1) is 0 Å². The number of carbonyl (C=O) groups excluding carboxylic acids is 2. The van der Waals surface area contributed by atoms with Crippen LogP contribution in [0.25, 0.3) is 0 Å². The van der Waals surface area contributed by atoms with E-state index < -0.39 is 11.5 Å². The first kappa shape index (κ1) is 19.3. The van der Waals surface area contributed by atoms with Crippen LogP contribution >= 0.6 is 0 Å². The van der Waals surface area contributed by atoms with Crippen LogP contribution in [0.4, 0.5) is 5.69 Å². The Balaban J connectivity index is 1.45. The fourth-order valence-corrected chi connectivity index (χ4v) is 4.15. The van der Waals surface area contributed by atoms with Gasteiger partial charge >= 0.3 is 0 Å². The van der Waals surface area contributed by atoms with Crippen molar-refractivity contribution < 1.29 is 24.2 Å².